The Morgan fingerprint density at radius 1 is 0.387 bits per heavy atom. The minimum Gasteiger partial charge on any atom is -0.469 e. The Labute approximate surface area is 380 Å². The van der Waals surface area contributed by atoms with Crippen molar-refractivity contribution in [3.8, 4) is 0 Å². The first-order valence-corrected chi connectivity index (χ1v) is 26.0. The smallest absolute Gasteiger partial charge is 0.309 e. The van der Waals surface area contributed by atoms with Gasteiger partial charge in [-0.1, -0.05) is 143 Å². The van der Waals surface area contributed by atoms with Gasteiger partial charge in [-0.15, -0.1) is 0 Å². The molecule has 0 heterocycles. The van der Waals surface area contributed by atoms with Crippen LogP contribution < -0.4 is 0 Å². The van der Waals surface area contributed by atoms with Gasteiger partial charge in [-0.3, -0.25) is 19.2 Å². The van der Waals surface area contributed by atoms with Gasteiger partial charge in [0, 0.05) is 26.1 Å². The average Bonchev–Trinajstić information content (AvgIpc) is 3.28. The highest BCUT2D eigenvalue weighted by molar-refractivity contribution is 5.75. The van der Waals surface area contributed by atoms with Crippen LogP contribution in [0.4, 0.5) is 0 Å². The summed E-state index contributed by atoms with van der Waals surface area (Å²) in [7, 11) is 2.87. The molecule has 364 valence electrons. The van der Waals surface area contributed by atoms with Crippen molar-refractivity contribution < 1.29 is 47.6 Å². The maximum absolute atomic E-state index is 13.9. The van der Waals surface area contributed by atoms with Crippen molar-refractivity contribution in [3.05, 3.63) is 0 Å². The molecule has 0 spiro atoms. The molecule has 62 heavy (non-hydrogen) atoms. The second-order valence-electron chi connectivity index (χ2n) is 18.2. The lowest BCUT2D eigenvalue weighted by Gasteiger charge is -2.32. The maximum Gasteiger partial charge on any atom is 0.309 e. The Hall–Kier alpha value is -2.20. The lowest BCUT2D eigenvalue weighted by Crippen LogP contribution is -2.38. The Kier molecular flexibility index (Phi) is 37.6. The van der Waals surface area contributed by atoms with E-state index in [0.29, 0.717) is 51.7 Å². The van der Waals surface area contributed by atoms with Crippen LogP contribution in [-0.4, -0.2) is 75.7 Å². The molecule has 10 nitrogen and oxygen atoms in total. The van der Waals surface area contributed by atoms with Crippen molar-refractivity contribution in [2.75, 3.05) is 27.4 Å². The summed E-state index contributed by atoms with van der Waals surface area (Å²) in [6, 6.07) is 0. The van der Waals surface area contributed by atoms with Crippen molar-refractivity contribution in [2.24, 2.45) is 11.8 Å². The normalized spacial score (nSPS) is 17.2. The summed E-state index contributed by atoms with van der Waals surface area (Å²) in [6.45, 7) is 10.0. The first kappa shape index (κ1) is 57.8. The number of carbonyl (C=O) groups is 4. The average molecular weight is 881 g/mol. The van der Waals surface area contributed by atoms with Crippen LogP contribution in [-0.2, 0) is 47.6 Å². The number of rotatable bonds is 42. The number of hydrogen-bond acceptors (Lipinski definition) is 10. The highest BCUT2D eigenvalue weighted by Gasteiger charge is 2.36. The van der Waals surface area contributed by atoms with Crippen molar-refractivity contribution in [1.29, 1.82) is 0 Å². The summed E-state index contributed by atoms with van der Waals surface area (Å²) >= 11 is 0. The number of esters is 4. The third-order valence-electron chi connectivity index (χ3n) is 12.7. The van der Waals surface area contributed by atoms with E-state index < -0.39 is 0 Å². The van der Waals surface area contributed by atoms with Crippen LogP contribution in [0, 0.1) is 11.8 Å². The van der Waals surface area contributed by atoms with E-state index in [1.54, 1.807) is 0 Å². The Morgan fingerprint density at radius 3 is 0.984 bits per heavy atom. The third kappa shape index (κ3) is 29.3. The standard InChI is InChI=1S/C52H96O10/c1-7-11-13-15-19-25-31-45(59-41-9-3)48(34-28-22-18-24-30-36-50(54)58-6)62-52(56)44-39-37-43(38-40-44)51(55)61-47(33-27-20-16-14-12-8-2)46(60-42-10-4)32-26-21-17-23-29-35-49(53)57-5/h43-48H,7-42H2,1-6H3. The Balaban J connectivity index is 2.92. The van der Waals surface area contributed by atoms with Gasteiger partial charge in [-0.25, -0.2) is 0 Å². The summed E-state index contributed by atoms with van der Waals surface area (Å²) in [6.07, 6.45) is 31.7. The largest absolute Gasteiger partial charge is 0.469 e. The van der Waals surface area contributed by atoms with E-state index in [9.17, 15) is 19.2 Å². The molecule has 1 rings (SSSR count). The molecule has 0 N–H and O–H groups in total. The van der Waals surface area contributed by atoms with Gasteiger partial charge in [0.05, 0.1) is 38.3 Å². The number of carbonyl (C=O) groups excluding carboxylic acids is 4. The zero-order valence-electron chi connectivity index (χ0n) is 41.0. The predicted octanol–water partition coefficient (Wildman–Crippen LogP) is 13.5. The fourth-order valence-corrected chi connectivity index (χ4v) is 8.73. The molecule has 1 saturated carbocycles. The molecule has 0 aromatic rings. The minimum atomic E-state index is -0.287. The number of ether oxygens (including phenoxy) is 6. The van der Waals surface area contributed by atoms with Crippen molar-refractivity contribution >= 4 is 23.9 Å². The van der Waals surface area contributed by atoms with Gasteiger partial charge >= 0.3 is 23.9 Å². The lowest BCUT2D eigenvalue weighted by atomic mass is 9.82. The molecule has 10 heteroatoms. The zero-order valence-corrected chi connectivity index (χ0v) is 41.0. The minimum absolute atomic E-state index is 0.117. The van der Waals surface area contributed by atoms with E-state index in [4.69, 9.17) is 28.4 Å². The molecule has 4 unspecified atom stereocenters. The van der Waals surface area contributed by atoms with Gasteiger partial charge in [-0.2, -0.15) is 0 Å². The van der Waals surface area contributed by atoms with Gasteiger partial charge in [0.15, 0.2) is 0 Å². The van der Waals surface area contributed by atoms with Crippen LogP contribution >= 0.6 is 0 Å². The van der Waals surface area contributed by atoms with Crippen LogP contribution in [0.3, 0.4) is 0 Å². The Bertz CT molecular complexity index is 1090. The molecule has 0 aromatic heterocycles. The second-order valence-corrected chi connectivity index (χ2v) is 18.2. The summed E-state index contributed by atoms with van der Waals surface area (Å²) in [5.41, 5.74) is 0. The first-order chi connectivity index (χ1) is 30.2. The fourth-order valence-electron chi connectivity index (χ4n) is 8.73. The number of hydrogen-bond donors (Lipinski definition) is 0. The molecule has 0 aliphatic heterocycles. The van der Waals surface area contributed by atoms with Gasteiger partial charge in [0.1, 0.15) is 12.2 Å². The van der Waals surface area contributed by atoms with E-state index in [-0.39, 0.29) is 60.1 Å². The molecule has 0 aromatic carbocycles. The zero-order chi connectivity index (χ0) is 45.5. The van der Waals surface area contributed by atoms with Crippen LogP contribution in [0.1, 0.15) is 246 Å². The van der Waals surface area contributed by atoms with Gasteiger partial charge in [0.2, 0.25) is 0 Å². The van der Waals surface area contributed by atoms with Crippen LogP contribution in [0.25, 0.3) is 0 Å². The molecular formula is C52H96O10. The topological polar surface area (TPSA) is 124 Å². The quantitative estimate of drug-likeness (QED) is 0.0332. The van der Waals surface area contributed by atoms with Gasteiger partial charge in [0.25, 0.3) is 0 Å². The maximum atomic E-state index is 13.9. The fraction of sp³-hybridized carbons (Fsp3) is 0.923. The monoisotopic (exact) mass is 881 g/mol. The SMILES string of the molecule is CCCCCCCCC(OCCC)C(CCCCCCCC(=O)OC)OC(=O)C1CCC(C(=O)OC(CCCCCCCC)C(CCCCCCCC(=O)OC)OCCC)CC1. The predicted molar refractivity (Wildman–Crippen MR) is 250 cm³/mol. The summed E-state index contributed by atoms with van der Waals surface area (Å²) in [4.78, 5) is 50.8. The van der Waals surface area contributed by atoms with Crippen LogP contribution in [0.2, 0.25) is 0 Å². The molecule has 0 amide bonds. The van der Waals surface area contributed by atoms with Crippen molar-refractivity contribution in [2.45, 2.75) is 270 Å². The van der Waals surface area contributed by atoms with E-state index in [1.165, 1.54) is 65.6 Å². The van der Waals surface area contributed by atoms with Crippen LogP contribution in [0.15, 0.2) is 0 Å². The first-order valence-electron chi connectivity index (χ1n) is 26.0. The van der Waals surface area contributed by atoms with E-state index in [0.717, 1.165) is 128 Å². The summed E-state index contributed by atoms with van der Waals surface area (Å²) < 4.78 is 35.3. The summed E-state index contributed by atoms with van der Waals surface area (Å²) in [5.74, 6) is -1.05. The highest BCUT2D eigenvalue weighted by Crippen LogP contribution is 2.33. The molecule has 0 bridgehead atoms. The van der Waals surface area contributed by atoms with E-state index in [1.807, 2.05) is 0 Å². The molecule has 1 aliphatic carbocycles. The lowest BCUT2D eigenvalue weighted by molar-refractivity contribution is -0.170. The van der Waals surface area contributed by atoms with E-state index >= 15 is 0 Å². The van der Waals surface area contributed by atoms with Crippen LogP contribution in [0.5, 0.6) is 0 Å². The third-order valence-corrected chi connectivity index (χ3v) is 12.7. The highest BCUT2D eigenvalue weighted by atomic mass is 16.6. The number of unbranched alkanes of at least 4 members (excludes halogenated alkanes) is 18. The van der Waals surface area contributed by atoms with Crippen molar-refractivity contribution in [1.82, 2.24) is 0 Å². The summed E-state index contributed by atoms with van der Waals surface area (Å²) in [5, 5.41) is 0. The molecule has 0 saturated heterocycles. The molecule has 4 atom stereocenters. The molecule has 1 fully saturated rings. The molecular weight excluding hydrogens is 785 g/mol. The number of methoxy groups -OCH3 is 2. The van der Waals surface area contributed by atoms with Gasteiger partial charge < -0.3 is 28.4 Å². The molecule has 1 aliphatic rings. The van der Waals surface area contributed by atoms with Crippen molar-refractivity contribution in [3.63, 3.8) is 0 Å². The Morgan fingerprint density at radius 2 is 0.677 bits per heavy atom. The second kappa shape index (κ2) is 40.3. The van der Waals surface area contributed by atoms with E-state index in [2.05, 4.69) is 27.7 Å². The molecule has 0 radical (unpaired) electrons. The van der Waals surface area contributed by atoms with Gasteiger partial charge in [-0.05, 0) is 89.9 Å².